The molecule has 0 unspecified atom stereocenters. The van der Waals surface area contributed by atoms with Gasteiger partial charge in [0.25, 0.3) is 11.7 Å². The fourth-order valence-corrected chi connectivity index (χ4v) is 2.75. The Hall–Kier alpha value is -3.17. The van der Waals surface area contributed by atoms with E-state index in [2.05, 4.69) is 5.32 Å². The van der Waals surface area contributed by atoms with Gasteiger partial charge in [0.2, 0.25) is 0 Å². The van der Waals surface area contributed by atoms with E-state index < -0.39 is 35.2 Å². The van der Waals surface area contributed by atoms with Crippen molar-refractivity contribution in [2.45, 2.75) is 20.0 Å². The van der Waals surface area contributed by atoms with Crippen LogP contribution in [-0.4, -0.2) is 27.3 Å². The molecule has 0 aliphatic heterocycles. The first-order valence-corrected chi connectivity index (χ1v) is 7.47. The topological polar surface area (TPSA) is 88.4 Å². The van der Waals surface area contributed by atoms with Crippen molar-refractivity contribution < 1.29 is 37.1 Å². The minimum atomic E-state index is -4.94. The summed E-state index contributed by atoms with van der Waals surface area (Å²) in [5, 5.41) is 11.1. The van der Waals surface area contributed by atoms with Gasteiger partial charge in [-0.25, -0.2) is 9.18 Å². The molecule has 144 valence electrons. The van der Waals surface area contributed by atoms with Crippen molar-refractivity contribution in [1.29, 1.82) is 0 Å². The van der Waals surface area contributed by atoms with Gasteiger partial charge in [-0.15, -0.1) is 0 Å². The van der Waals surface area contributed by atoms with Crippen LogP contribution < -0.4 is 5.32 Å². The van der Waals surface area contributed by atoms with Crippen molar-refractivity contribution in [1.82, 2.24) is 4.57 Å². The van der Waals surface area contributed by atoms with E-state index in [-0.39, 0.29) is 28.2 Å². The number of carboxylic acid groups (broad SMARTS) is 1. The van der Waals surface area contributed by atoms with Gasteiger partial charge in [-0.05, 0) is 37.6 Å². The second kappa shape index (κ2) is 6.86. The van der Waals surface area contributed by atoms with E-state index in [9.17, 15) is 31.9 Å². The molecule has 0 aliphatic carbocycles. The predicted molar refractivity (Wildman–Crippen MR) is 86.2 cm³/mol. The number of rotatable bonds is 4. The first-order valence-electron chi connectivity index (χ1n) is 7.47. The Bertz CT molecular complexity index is 961. The van der Waals surface area contributed by atoms with Gasteiger partial charge in [0.15, 0.2) is 0 Å². The third-order valence-corrected chi connectivity index (χ3v) is 4.10. The number of carboxylic acids is 1. The van der Waals surface area contributed by atoms with E-state index in [0.29, 0.717) is 12.1 Å². The molecule has 0 bridgehead atoms. The highest BCUT2D eigenvalue weighted by atomic mass is 19.4. The maximum Gasteiger partial charge on any atom is 0.419 e. The van der Waals surface area contributed by atoms with Crippen molar-refractivity contribution >= 4 is 23.3 Å². The summed E-state index contributed by atoms with van der Waals surface area (Å²) in [6, 6.07) is 1.97. The number of aliphatic carboxylic acids is 1. The summed E-state index contributed by atoms with van der Waals surface area (Å²) in [4.78, 5) is 35.3. The van der Waals surface area contributed by atoms with Crippen LogP contribution in [0.5, 0.6) is 0 Å². The Morgan fingerprint density at radius 1 is 1.15 bits per heavy atom. The summed E-state index contributed by atoms with van der Waals surface area (Å²) in [5.41, 5.74) is -1.85. The number of aromatic nitrogens is 1. The second-order valence-corrected chi connectivity index (χ2v) is 5.77. The monoisotopic (exact) mass is 386 g/mol. The molecule has 0 spiro atoms. The van der Waals surface area contributed by atoms with Crippen molar-refractivity contribution in [3.05, 3.63) is 52.1 Å². The summed E-state index contributed by atoms with van der Waals surface area (Å²) >= 11 is 0. The highest BCUT2D eigenvalue weighted by Gasteiger charge is 2.34. The standard InChI is InChI=1S/C17H14F4N2O4/c1-7-12(14(24)16(26)27)8(2)23(3)13(7)15(25)22-9-4-5-11(18)10(6-9)17(19,20)21/h4-6H,1-3H3,(H,22,25)(H,26,27). The minimum absolute atomic E-state index is 0.0676. The summed E-state index contributed by atoms with van der Waals surface area (Å²) in [6.45, 7) is 2.78. The molecule has 6 nitrogen and oxygen atoms in total. The number of halogens is 4. The third kappa shape index (κ3) is 3.69. The van der Waals surface area contributed by atoms with Crippen LogP contribution in [-0.2, 0) is 18.0 Å². The SMILES string of the molecule is Cc1c(C(=O)C(=O)O)c(C)n(C)c1C(=O)Nc1ccc(F)c(C(F)(F)F)c1. The molecule has 0 atom stereocenters. The maximum atomic E-state index is 13.3. The number of Topliss-reactive ketones (excluding diaryl/α,β-unsaturated/α-hetero) is 1. The molecule has 1 heterocycles. The highest BCUT2D eigenvalue weighted by molar-refractivity contribution is 6.40. The Balaban J connectivity index is 2.45. The van der Waals surface area contributed by atoms with Crippen molar-refractivity contribution in [3.8, 4) is 0 Å². The molecule has 0 fully saturated rings. The van der Waals surface area contributed by atoms with Crippen LogP contribution in [0.3, 0.4) is 0 Å². The molecule has 0 saturated carbocycles. The average Bonchev–Trinajstić information content (AvgIpc) is 2.77. The molecule has 1 amide bonds. The van der Waals surface area contributed by atoms with Crippen LogP contribution in [0.25, 0.3) is 0 Å². The van der Waals surface area contributed by atoms with E-state index in [1.807, 2.05) is 0 Å². The second-order valence-electron chi connectivity index (χ2n) is 5.77. The van der Waals surface area contributed by atoms with Crippen LogP contribution in [0.2, 0.25) is 0 Å². The van der Waals surface area contributed by atoms with Crippen LogP contribution >= 0.6 is 0 Å². The number of anilines is 1. The first kappa shape index (κ1) is 20.1. The van der Waals surface area contributed by atoms with Gasteiger partial charge in [0, 0.05) is 18.4 Å². The fourth-order valence-electron chi connectivity index (χ4n) is 2.75. The molecular formula is C17H14F4N2O4. The molecule has 1 aromatic carbocycles. The van der Waals surface area contributed by atoms with Gasteiger partial charge >= 0.3 is 12.1 Å². The lowest BCUT2D eigenvalue weighted by Crippen LogP contribution is -2.18. The molecule has 0 radical (unpaired) electrons. The van der Waals surface area contributed by atoms with Crippen LogP contribution in [0.4, 0.5) is 23.2 Å². The lowest BCUT2D eigenvalue weighted by molar-refractivity contribution is -0.140. The van der Waals surface area contributed by atoms with Crippen molar-refractivity contribution in [2.75, 3.05) is 5.32 Å². The number of hydrogen-bond donors (Lipinski definition) is 2. The summed E-state index contributed by atoms with van der Waals surface area (Å²) < 4.78 is 53.0. The van der Waals surface area contributed by atoms with E-state index >= 15 is 0 Å². The largest absolute Gasteiger partial charge is 0.475 e. The number of nitrogens with one attached hydrogen (secondary N) is 1. The molecule has 10 heteroatoms. The first-order chi connectivity index (χ1) is 12.4. The number of ketones is 1. The fraction of sp³-hybridized carbons (Fsp3) is 0.235. The Morgan fingerprint density at radius 3 is 2.26 bits per heavy atom. The Kier molecular flexibility index (Phi) is 5.12. The van der Waals surface area contributed by atoms with Gasteiger partial charge in [-0.1, -0.05) is 0 Å². The predicted octanol–water partition coefficient (Wildman–Crippen LogP) is 3.32. The molecule has 0 saturated heterocycles. The van der Waals surface area contributed by atoms with Gasteiger partial charge in [0.05, 0.1) is 11.1 Å². The Morgan fingerprint density at radius 2 is 1.74 bits per heavy atom. The molecular weight excluding hydrogens is 372 g/mol. The molecule has 0 aliphatic rings. The number of hydrogen-bond acceptors (Lipinski definition) is 3. The summed E-state index contributed by atoms with van der Waals surface area (Å²) in [6.07, 6.45) is -4.94. The molecule has 2 rings (SSSR count). The van der Waals surface area contributed by atoms with Gasteiger partial charge in [-0.2, -0.15) is 13.2 Å². The summed E-state index contributed by atoms with van der Waals surface area (Å²) in [5.74, 6) is -5.27. The molecule has 1 aromatic heterocycles. The van der Waals surface area contributed by atoms with Gasteiger partial charge < -0.3 is 15.0 Å². The van der Waals surface area contributed by atoms with E-state index in [4.69, 9.17) is 5.11 Å². The molecule has 27 heavy (non-hydrogen) atoms. The number of nitrogens with zero attached hydrogens (tertiary/aromatic N) is 1. The summed E-state index contributed by atoms with van der Waals surface area (Å²) in [7, 11) is 1.40. The Labute approximate surface area is 150 Å². The quantitative estimate of drug-likeness (QED) is 0.479. The normalized spacial score (nSPS) is 11.4. The van der Waals surface area contributed by atoms with Gasteiger partial charge in [0.1, 0.15) is 11.5 Å². The maximum absolute atomic E-state index is 13.3. The van der Waals surface area contributed by atoms with Crippen LogP contribution in [0.15, 0.2) is 18.2 Å². The number of carbonyl (C=O) groups is 3. The van der Waals surface area contributed by atoms with E-state index in [1.165, 1.54) is 25.5 Å². The highest BCUT2D eigenvalue weighted by Crippen LogP contribution is 2.33. The zero-order valence-corrected chi connectivity index (χ0v) is 14.4. The van der Waals surface area contributed by atoms with E-state index in [0.717, 1.165) is 6.07 Å². The number of amides is 1. The smallest absolute Gasteiger partial charge is 0.419 e. The third-order valence-electron chi connectivity index (χ3n) is 4.10. The lowest BCUT2D eigenvalue weighted by atomic mass is 10.1. The van der Waals surface area contributed by atoms with Crippen molar-refractivity contribution in [3.63, 3.8) is 0 Å². The lowest BCUT2D eigenvalue weighted by Gasteiger charge is -2.12. The van der Waals surface area contributed by atoms with Crippen molar-refractivity contribution in [2.24, 2.45) is 7.05 Å². The molecule has 2 N–H and O–H groups in total. The number of benzene rings is 1. The minimum Gasteiger partial charge on any atom is -0.475 e. The van der Waals surface area contributed by atoms with Crippen LogP contribution in [0, 0.1) is 19.7 Å². The van der Waals surface area contributed by atoms with E-state index in [1.54, 1.807) is 0 Å². The number of carbonyl (C=O) groups excluding carboxylic acids is 2. The number of alkyl halides is 3. The zero-order valence-electron chi connectivity index (χ0n) is 14.4. The average molecular weight is 386 g/mol. The zero-order chi connectivity index (χ0) is 20.7. The van der Waals surface area contributed by atoms with Gasteiger partial charge in [-0.3, -0.25) is 9.59 Å². The van der Waals surface area contributed by atoms with Crippen LogP contribution in [0.1, 0.15) is 37.7 Å². The molecule has 2 aromatic rings.